The molecule has 4 rings (SSSR count). The van der Waals surface area contributed by atoms with E-state index in [1.54, 1.807) is 0 Å². The molecule has 3 aromatic carbocycles. The predicted molar refractivity (Wildman–Crippen MR) is 125 cm³/mol. The van der Waals surface area contributed by atoms with Crippen LogP contribution in [0.3, 0.4) is 0 Å². The number of halogens is 1. The van der Waals surface area contributed by atoms with E-state index < -0.39 is 0 Å². The molecule has 2 N–H and O–H groups in total. The molecule has 4 nitrogen and oxygen atoms in total. The molecule has 5 heteroatoms. The van der Waals surface area contributed by atoms with Gasteiger partial charge in [-0.15, -0.1) is 0 Å². The molecule has 0 amide bonds. The molecule has 0 bridgehead atoms. The Kier molecular flexibility index (Phi) is 5.88. The Morgan fingerprint density at radius 2 is 1.71 bits per heavy atom. The number of hydrogen-bond donors (Lipinski definition) is 1. The second kappa shape index (κ2) is 8.91. The summed E-state index contributed by atoms with van der Waals surface area (Å²) in [6.07, 6.45) is 0. The predicted octanol–water partition coefficient (Wildman–Crippen LogP) is 6.41. The van der Waals surface area contributed by atoms with Crippen molar-refractivity contribution in [2.24, 2.45) is 0 Å². The van der Waals surface area contributed by atoms with Gasteiger partial charge in [0.15, 0.2) is 0 Å². The molecule has 0 saturated heterocycles. The summed E-state index contributed by atoms with van der Waals surface area (Å²) in [6.45, 7) is 2.41. The van der Waals surface area contributed by atoms with Gasteiger partial charge in [-0.1, -0.05) is 66.2 Å². The minimum Gasteiger partial charge on any atom is -0.489 e. The summed E-state index contributed by atoms with van der Waals surface area (Å²) in [5.41, 5.74) is 11.7. The van der Waals surface area contributed by atoms with Gasteiger partial charge in [-0.3, -0.25) is 0 Å². The van der Waals surface area contributed by atoms with E-state index in [2.05, 4.69) is 11.1 Å². The number of nitriles is 1. The normalized spacial score (nSPS) is 10.5. The topological polar surface area (TPSA) is 71.9 Å². The smallest absolute Gasteiger partial charge is 0.142 e. The summed E-state index contributed by atoms with van der Waals surface area (Å²) in [4.78, 5) is 4.51. The first-order valence-corrected chi connectivity index (χ1v) is 10.2. The molecule has 31 heavy (non-hydrogen) atoms. The molecule has 152 valence electrons. The van der Waals surface area contributed by atoms with E-state index in [1.807, 2.05) is 85.8 Å². The number of aromatic nitrogens is 1. The van der Waals surface area contributed by atoms with Crippen molar-refractivity contribution in [3.63, 3.8) is 0 Å². The van der Waals surface area contributed by atoms with Crippen LogP contribution in [0.1, 0.15) is 16.7 Å². The van der Waals surface area contributed by atoms with Crippen LogP contribution >= 0.6 is 11.6 Å². The van der Waals surface area contributed by atoms with E-state index in [-0.39, 0.29) is 5.82 Å². The number of hydrogen-bond acceptors (Lipinski definition) is 4. The van der Waals surface area contributed by atoms with Crippen LogP contribution < -0.4 is 10.5 Å². The van der Waals surface area contributed by atoms with Crippen LogP contribution in [0.2, 0.25) is 5.02 Å². The van der Waals surface area contributed by atoms with Crippen LogP contribution in [-0.2, 0) is 6.61 Å². The van der Waals surface area contributed by atoms with Gasteiger partial charge in [0.25, 0.3) is 0 Å². The number of pyridine rings is 1. The van der Waals surface area contributed by atoms with Crippen LogP contribution in [0.25, 0.3) is 22.4 Å². The van der Waals surface area contributed by atoms with Crippen molar-refractivity contribution in [1.82, 2.24) is 4.98 Å². The number of nitrogens with two attached hydrogens (primary N) is 1. The molecule has 0 unspecified atom stereocenters. The maximum atomic E-state index is 9.79. The van der Waals surface area contributed by atoms with Crippen LogP contribution in [0.5, 0.6) is 5.75 Å². The number of rotatable bonds is 5. The molecule has 0 aliphatic carbocycles. The van der Waals surface area contributed by atoms with Gasteiger partial charge in [0.2, 0.25) is 0 Å². The molecule has 1 aromatic heterocycles. The third kappa shape index (κ3) is 4.37. The maximum absolute atomic E-state index is 9.79. The Morgan fingerprint density at radius 1 is 0.968 bits per heavy atom. The molecule has 0 aliphatic heterocycles. The molecule has 0 aliphatic rings. The Labute approximate surface area is 186 Å². The van der Waals surface area contributed by atoms with E-state index >= 15 is 0 Å². The van der Waals surface area contributed by atoms with Crippen molar-refractivity contribution in [1.29, 1.82) is 5.26 Å². The summed E-state index contributed by atoms with van der Waals surface area (Å²) in [5.74, 6) is 0.914. The van der Waals surface area contributed by atoms with Crippen LogP contribution in [0.4, 0.5) is 5.82 Å². The quantitative estimate of drug-likeness (QED) is 0.401. The highest BCUT2D eigenvalue weighted by Crippen LogP contribution is 2.37. The van der Waals surface area contributed by atoms with E-state index in [4.69, 9.17) is 22.1 Å². The van der Waals surface area contributed by atoms with Crippen molar-refractivity contribution in [2.45, 2.75) is 13.5 Å². The standard InChI is InChI=1S/C26H20ClN3O/c1-17-24(20-8-5-9-22(14-20)31-16-18-6-3-2-4-7-18)23(15-28)26(29)30-25(17)19-10-12-21(27)13-11-19/h2-14H,16H2,1H3,(H2,29,30). The SMILES string of the molecule is Cc1c(-c2ccc(Cl)cc2)nc(N)c(C#N)c1-c1cccc(OCc2ccccc2)c1. The number of benzene rings is 3. The summed E-state index contributed by atoms with van der Waals surface area (Å²) < 4.78 is 5.98. The number of nitrogen functional groups attached to an aromatic ring is 1. The average Bonchev–Trinajstić information content (AvgIpc) is 2.80. The average molecular weight is 426 g/mol. The summed E-state index contributed by atoms with van der Waals surface area (Å²) in [5, 5.41) is 10.4. The molecule has 0 saturated carbocycles. The number of ether oxygens (including phenoxy) is 1. The van der Waals surface area contributed by atoms with E-state index in [1.165, 1.54) is 0 Å². The van der Waals surface area contributed by atoms with E-state index in [9.17, 15) is 5.26 Å². The Morgan fingerprint density at radius 3 is 2.42 bits per heavy atom. The van der Waals surface area contributed by atoms with Gasteiger partial charge in [-0.05, 0) is 47.9 Å². The van der Waals surface area contributed by atoms with Crippen molar-refractivity contribution in [3.05, 3.63) is 101 Å². The van der Waals surface area contributed by atoms with Gasteiger partial charge >= 0.3 is 0 Å². The largest absolute Gasteiger partial charge is 0.489 e. The lowest BCUT2D eigenvalue weighted by atomic mass is 9.92. The molecule has 0 atom stereocenters. The molecule has 0 radical (unpaired) electrons. The van der Waals surface area contributed by atoms with Crippen molar-refractivity contribution in [2.75, 3.05) is 5.73 Å². The highest BCUT2D eigenvalue weighted by molar-refractivity contribution is 6.30. The molecule has 1 heterocycles. The van der Waals surface area contributed by atoms with Crippen molar-refractivity contribution >= 4 is 17.4 Å². The van der Waals surface area contributed by atoms with Crippen molar-refractivity contribution in [3.8, 4) is 34.2 Å². The Bertz CT molecular complexity index is 1260. The van der Waals surface area contributed by atoms with E-state index in [0.717, 1.165) is 33.5 Å². The third-order valence-corrected chi connectivity index (χ3v) is 5.32. The number of nitrogens with zero attached hydrogens (tertiary/aromatic N) is 2. The van der Waals surface area contributed by atoms with Gasteiger partial charge in [0.1, 0.15) is 29.8 Å². The molecule has 0 spiro atoms. The second-order valence-electron chi connectivity index (χ2n) is 7.14. The zero-order valence-corrected chi connectivity index (χ0v) is 17.7. The summed E-state index contributed by atoms with van der Waals surface area (Å²) >= 11 is 6.03. The molecular formula is C26H20ClN3O. The Hall–Kier alpha value is -3.81. The zero-order valence-electron chi connectivity index (χ0n) is 17.0. The first kappa shape index (κ1) is 20.5. The van der Waals surface area contributed by atoms with Crippen LogP contribution in [-0.4, -0.2) is 4.98 Å². The highest BCUT2D eigenvalue weighted by atomic mass is 35.5. The fraction of sp³-hybridized carbons (Fsp3) is 0.0769. The van der Waals surface area contributed by atoms with Gasteiger partial charge in [0, 0.05) is 16.1 Å². The molecule has 0 fully saturated rings. The van der Waals surface area contributed by atoms with Gasteiger partial charge < -0.3 is 10.5 Å². The zero-order chi connectivity index (χ0) is 21.8. The lowest BCUT2D eigenvalue weighted by Gasteiger charge is -2.16. The van der Waals surface area contributed by atoms with Gasteiger partial charge in [-0.25, -0.2) is 4.98 Å². The minimum absolute atomic E-state index is 0.198. The van der Waals surface area contributed by atoms with Gasteiger partial charge in [0.05, 0.1) is 5.69 Å². The fourth-order valence-corrected chi connectivity index (χ4v) is 3.67. The molecule has 4 aromatic rings. The van der Waals surface area contributed by atoms with Gasteiger partial charge in [-0.2, -0.15) is 5.26 Å². The third-order valence-electron chi connectivity index (χ3n) is 5.07. The first-order chi connectivity index (χ1) is 15.1. The first-order valence-electron chi connectivity index (χ1n) is 9.80. The highest BCUT2D eigenvalue weighted by Gasteiger charge is 2.18. The minimum atomic E-state index is 0.198. The lowest BCUT2D eigenvalue weighted by Crippen LogP contribution is -2.03. The van der Waals surface area contributed by atoms with E-state index in [0.29, 0.717) is 22.9 Å². The fourth-order valence-electron chi connectivity index (χ4n) is 3.54. The van der Waals surface area contributed by atoms with Crippen LogP contribution in [0, 0.1) is 18.3 Å². The molecular weight excluding hydrogens is 406 g/mol. The maximum Gasteiger partial charge on any atom is 0.142 e. The number of anilines is 1. The van der Waals surface area contributed by atoms with Crippen molar-refractivity contribution < 1.29 is 4.74 Å². The lowest BCUT2D eigenvalue weighted by molar-refractivity contribution is 0.306. The summed E-state index contributed by atoms with van der Waals surface area (Å²) in [7, 11) is 0. The summed E-state index contributed by atoms with van der Waals surface area (Å²) in [6, 6.07) is 27.3. The Balaban J connectivity index is 1.76. The monoisotopic (exact) mass is 425 g/mol. The van der Waals surface area contributed by atoms with Crippen LogP contribution in [0.15, 0.2) is 78.9 Å². The second-order valence-corrected chi connectivity index (χ2v) is 7.58.